The van der Waals surface area contributed by atoms with Gasteiger partial charge in [0.2, 0.25) is 0 Å². The van der Waals surface area contributed by atoms with Crippen LogP contribution in [-0.2, 0) is 0 Å². The molecular formula is C16H18O3S. The molecule has 1 atom stereocenters. The van der Waals surface area contributed by atoms with E-state index in [1.807, 2.05) is 43.3 Å². The number of rotatable bonds is 7. The van der Waals surface area contributed by atoms with Crippen molar-refractivity contribution in [2.24, 2.45) is 0 Å². The van der Waals surface area contributed by atoms with Gasteiger partial charge in [0.1, 0.15) is 5.76 Å². The Morgan fingerprint density at radius 2 is 2.05 bits per heavy atom. The number of benzene rings is 1. The van der Waals surface area contributed by atoms with Gasteiger partial charge in [-0.25, -0.2) is 0 Å². The minimum absolute atomic E-state index is 0.0500. The number of hydrogen-bond donors (Lipinski definition) is 1. The monoisotopic (exact) mass is 290 g/mol. The van der Waals surface area contributed by atoms with Crippen molar-refractivity contribution < 1.29 is 14.3 Å². The first kappa shape index (κ1) is 14.9. The van der Waals surface area contributed by atoms with Gasteiger partial charge < -0.3 is 9.52 Å². The molecule has 0 fully saturated rings. The summed E-state index contributed by atoms with van der Waals surface area (Å²) in [7, 11) is 0. The van der Waals surface area contributed by atoms with Crippen molar-refractivity contribution in [3.63, 3.8) is 0 Å². The molecule has 0 aliphatic rings. The molecule has 0 aliphatic heterocycles. The van der Waals surface area contributed by atoms with Gasteiger partial charge in [-0.05, 0) is 19.1 Å². The van der Waals surface area contributed by atoms with Crippen molar-refractivity contribution in [1.82, 2.24) is 0 Å². The highest BCUT2D eigenvalue weighted by atomic mass is 32.2. The molecule has 2 rings (SSSR count). The Hall–Kier alpha value is -1.52. The largest absolute Gasteiger partial charge is 0.468 e. The molecule has 106 valence electrons. The highest BCUT2D eigenvalue weighted by Crippen LogP contribution is 2.33. The lowest BCUT2D eigenvalue weighted by Gasteiger charge is -2.13. The minimum Gasteiger partial charge on any atom is -0.468 e. The van der Waals surface area contributed by atoms with Gasteiger partial charge in [-0.2, -0.15) is 0 Å². The molecule has 4 heteroatoms. The third kappa shape index (κ3) is 3.99. The Morgan fingerprint density at radius 1 is 1.30 bits per heavy atom. The highest BCUT2D eigenvalue weighted by Gasteiger charge is 2.19. The van der Waals surface area contributed by atoms with Crippen molar-refractivity contribution in [3.05, 3.63) is 59.5 Å². The van der Waals surface area contributed by atoms with Crippen LogP contribution in [0.2, 0.25) is 0 Å². The fraction of sp³-hybridized carbons (Fsp3) is 0.312. The van der Waals surface area contributed by atoms with Gasteiger partial charge >= 0.3 is 0 Å². The number of carbonyl (C=O) groups excluding carboxylic acids is 1. The Morgan fingerprint density at radius 3 is 2.65 bits per heavy atom. The summed E-state index contributed by atoms with van der Waals surface area (Å²) in [6.45, 7) is 2.09. The van der Waals surface area contributed by atoms with Gasteiger partial charge in [0.25, 0.3) is 0 Å². The molecule has 0 radical (unpaired) electrons. The summed E-state index contributed by atoms with van der Waals surface area (Å²) in [6, 6.07) is 11.3. The van der Waals surface area contributed by atoms with E-state index in [0.717, 1.165) is 16.9 Å². The molecule has 20 heavy (non-hydrogen) atoms. The second kappa shape index (κ2) is 7.31. The third-order valence-corrected chi connectivity index (χ3v) is 4.23. The maximum Gasteiger partial charge on any atom is 0.164 e. The van der Waals surface area contributed by atoms with Crippen LogP contribution < -0.4 is 0 Å². The molecule has 1 unspecified atom stereocenters. The number of carbonyl (C=O) groups is 1. The second-order valence-electron chi connectivity index (χ2n) is 4.59. The Balaban J connectivity index is 2.07. The number of thioether (sulfide) groups is 1. The Labute approximate surface area is 123 Å². The molecule has 0 spiro atoms. The second-order valence-corrected chi connectivity index (χ2v) is 5.90. The zero-order valence-electron chi connectivity index (χ0n) is 11.4. The number of ketones is 1. The molecule has 1 aromatic heterocycles. The molecule has 0 amide bonds. The molecule has 1 N–H and O–H groups in total. The van der Waals surface area contributed by atoms with Crippen LogP contribution in [0, 0.1) is 6.92 Å². The fourth-order valence-electron chi connectivity index (χ4n) is 1.94. The van der Waals surface area contributed by atoms with E-state index < -0.39 is 0 Å². The fourth-order valence-corrected chi connectivity index (χ4v) is 2.89. The maximum atomic E-state index is 12.3. The van der Waals surface area contributed by atoms with E-state index in [0.29, 0.717) is 12.2 Å². The van der Waals surface area contributed by atoms with Crippen LogP contribution in [0.1, 0.15) is 33.4 Å². The van der Waals surface area contributed by atoms with Crippen LogP contribution in [0.4, 0.5) is 0 Å². The van der Waals surface area contributed by atoms with Gasteiger partial charge in [0, 0.05) is 17.7 Å². The van der Waals surface area contributed by atoms with E-state index in [-0.39, 0.29) is 17.6 Å². The zero-order chi connectivity index (χ0) is 14.4. The molecule has 2 aromatic rings. The molecule has 0 bridgehead atoms. The third-order valence-electron chi connectivity index (χ3n) is 3.02. The zero-order valence-corrected chi connectivity index (χ0v) is 12.2. The highest BCUT2D eigenvalue weighted by molar-refractivity contribution is 7.99. The van der Waals surface area contributed by atoms with Gasteiger partial charge in [-0.15, -0.1) is 11.8 Å². The quantitative estimate of drug-likeness (QED) is 0.791. The lowest BCUT2D eigenvalue weighted by atomic mass is 10.0. The van der Waals surface area contributed by atoms with E-state index in [4.69, 9.17) is 9.52 Å². The number of aryl methyl sites for hydroxylation is 1. The summed E-state index contributed by atoms with van der Waals surface area (Å²) < 4.78 is 5.39. The molecule has 1 heterocycles. The van der Waals surface area contributed by atoms with Crippen LogP contribution in [-0.4, -0.2) is 23.2 Å². The van der Waals surface area contributed by atoms with Crippen LogP contribution in [0.5, 0.6) is 0 Å². The average Bonchev–Trinajstić information content (AvgIpc) is 2.98. The van der Waals surface area contributed by atoms with E-state index in [2.05, 4.69) is 0 Å². The summed E-state index contributed by atoms with van der Waals surface area (Å²) in [6.07, 6.45) is 1.99. The lowest BCUT2D eigenvalue weighted by Crippen LogP contribution is -2.06. The van der Waals surface area contributed by atoms with Crippen LogP contribution in [0.3, 0.4) is 0 Å². The van der Waals surface area contributed by atoms with Gasteiger partial charge in [0.15, 0.2) is 5.78 Å². The van der Waals surface area contributed by atoms with Crippen molar-refractivity contribution in [1.29, 1.82) is 0 Å². The molecular weight excluding hydrogens is 272 g/mol. The van der Waals surface area contributed by atoms with E-state index in [1.54, 1.807) is 18.0 Å². The van der Waals surface area contributed by atoms with E-state index >= 15 is 0 Å². The predicted molar refractivity (Wildman–Crippen MR) is 81.1 cm³/mol. The molecule has 0 saturated carbocycles. The first-order valence-electron chi connectivity index (χ1n) is 6.56. The number of Topliss-reactive ketones (excluding diaryl/α,β-unsaturated/α-hetero) is 1. The topological polar surface area (TPSA) is 50.4 Å². The van der Waals surface area contributed by atoms with Gasteiger partial charge in [0.05, 0.1) is 18.1 Å². The number of hydrogen-bond acceptors (Lipinski definition) is 4. The SMILES string of the molecule is Cc1ccc(C(=O)CC(SCCO)c2ccco2)cc1. The predicted octanol–water partition coefficient (Wildman–Crippen LogP) is 3.63. The first-order chi connectivity index (χ1) is 9.70. The Kier molecular flexibility index (Phi) is 5.44. The van der Waals surface area contributed by atoms with Crippen molar-refractivity contribution in [3.8, 4) is 0 Å². The van der Waals surface area contributed by atoms with E-state index in [1.165, 1.54) is 0 Å². The molecule has 1 aromatic carbocycles. The van der Waals surface area contributed by atoms with Crippen molar-refractivity contribution in [2.75, 3.05) is 12.4 Å². The normalized spacial score (nSPS) is 12.3. The van der Waals surface area contributed by atoms with Gasteiger partial charge in [-0.3, -0.25) is 4.79 Å². The molecule has 0 aliphatic carbocycles. The van der Waals surface area contributed by atoms with Crippen LogP contribution in [0.25, 0.3) is 0 Å². The van der Waals surface area contributed by atoms with Crippen molar-refractivity contribution in [2.45, 2.75) is 18.6 Å². The maximum absolute atomic E-state index is 12.3. The smallest absolute Gasteiger partial charge is 0.164 e. The molecule has 3 nitrogen and oxygen atoms in total. The Bertz CT molecular complexity index is 531. The van der Waals surface area contributed by atoms with Gasteiger partial charge in [-0.1, -0.05) is 29.8 Å². The number of aliphatic hydroxyl groups excluding tert-OH is 1. The summed E-state index contributed by atoms with van der Waals surface area (Å²) in [5.41, 5.74) is 1.86. The number of aliphatic hydroxyl groups is 1. The average molecular weight is 290 g/mol. The van der Waals surface area contributed by atoms with Crippen LogP contribution >= 0.6 is 11.8 Å². The standard InChI is InChI=1S/C16H18O3S/c1-12-4-6-13(7-5-12)14(18)11-16(20-10-8-17)15-3-2-9-19-15/h2-7,9,16-17H,8,10-11H2,1H3. The van der Waals surface area contributed by atoms with Crippen LogP contribution in [0.15, 0.2) is 47.1 Å². The number of furan rings is 1. The summed E-state index contributed by atoms with van der Waals surface area (Å²) >= 11 is 1.54. The molecule has 0 saturated heterocycles. The summed E-state index contributed by atoms with van der Waals surface area (Å²) in [5.74, 6) is 1.47. The summed E-state index contributed by atoms with van der Waals surface area (Å²) in [5, 5.41) is 8.91. The van der Waals surface area contributed by atoms with E-state index in [9.17, 15) is 4.79 Å². The first-order valence-corrected chi connectivity index (χ1v) is 7.61. The lowest BCUT2D eigenvalue weighted by molar-refractivity contribution is 0.0980. The summed E-state index contributed by atoms with van der Waals surface area (Å²) in [4.78, 5) is 12.3. The minimum atomic E-state index is -0.0500. The van der Waals surface area contributed by atoms with Crippen molar-refractivity contribution >= 4 is 17.5 Å².